The number of halogens is 2. The van der Waals surface area contributed by atoms with Crippen LogP contribution < -0.4 is 10.6 Å². The number of carbonyl (C=O) groups is 2. The number of carbonyl (C=O) groups excluding carboxylic acids is 2. The fourth-order valence-electron chi connectivity index (χ4n) is 5.04. The summed E-state index contributed by atoms with van der Waals surface area (Å²) in [6.07, 6.45) is 2.34. The number of anilines is 1. The number of amides is 2. The first-order chi connectivity index (χ1) is 19.3. The first-order valence-corrected chi connectivity index (χ1v) is 14.2. The second-order valence-corrected chi connectivity index (χ2v) is 10.9. The van der Waals surface area contributed by atoms with Gasteiger partial charge in [-0.15, -0.1) is 0 Å². The molecule has 212 valence electrons. The van der Waals surface area contributed by atoms with Crippen molar-refractivity contribution >= 4 is 40.7 Å². The van der Waals surface area contributed by atoms with Crippen LogP contribution in [0.1, 0.15) is 34.8 Å². The van der Waals surface area contributed by atoms with E-state index in [1.54, 1.807) is 31.4 Å². The number of likely N-dealkylation sites (N-methyl/N-ethyl adjacent to an activating group) is 1. The predicted octanol–water partition coefficient (Wildman–Crippen LogP) is 5.51. The van der Waals surface area contributed by atoms with Crippen molar-refractivity contribution in [2.45, 2.75) is 18.9 Å². The third-order valence-electron chi connectivity index (χ3n) is 7.43. The van der Waals surface area contributed by atoms with Crippen LogP contribution >= 0.6 is 23.2 Å². The minimum atomic E-state index is -0.454. The van der Waals surface area contributed by atoms with Crippen LogP contribution in [0.2, 0.25) is 10.0 Å². The van der Waals surface area contributed by atoms with E-state index in [0.29, 0.717) is 28.8 Å². The molecule has 1 unspecified atom stereocenters. The average Bonchev–Trinajstić information content (AvgIpc) is 3.48. The molecule has 2 amide bonds. The van der Waals surface area contributed by atoms with Crippen LogP contribution in [0.25, 0.3) is 11.1 Å². The number of primary amides is 1. The predicted molar refractivity (Wildman–Crippen MR) is 162 cm³/mol. The van der Waals surface area contributed by atoms with Gasteiger partial charge in [0.25, 0.3) is 0 Å². The molecule has 0 aliphatic carbocycles. The van der Waals surface area contributed by atoms with Gasteiger partial charge in [0.15, 0.2) is 0 Å². The molecular weight excluding hydrogens is 547 g/mol. The van der Waals surface area contributed by atoms with Gasteiger partial charge >= 0.3 is 0 Å². The molecule has 1 heterocycles. The van der Waals surface area contributed by atoms with Crippen LogP contribution in [0.3, 0.4) is 0 Å². The van der Waals surface area contributed by atoms with Crippen molar-refractivity contribution in [2.75, 3.05) is 58.4 Å². The third kappa shape index (κ3) is 7.55. The molecule has 40 heavy (non-hydrogen) atoms. The van der Waals surface area contributed by atoms with E-state index in [-0.39, 0.29) is 18.5 Å². The fraction of sp³-hybridized carbons (Fsp3) is 0.355. The number of rotatable bonds is 12. The lowest BCUT2D eigenvalue weighted by Gasteiger charge is -2.34. The Morgan fingerprint density at radius 3 is 2.35 bits per heavy atom. The van der Waals surface area contributed by atoms with Crippen LogP contribution in [0.15, 0.2) is 66.7 Å². The highest BCUT2D eigenvalue weighted by molar-refractivity contribution is 6.42. The van der Waals surface area contributed by atoms with Gasteiger partial charge in [-0.3, -0.25) is 9.59 Å². The van der Waals surface area contributed by atoms with Crippen molar-refractivity contribution in [3.8, 4) is 11.1 Å². The summed E-state index contributed by atoms with van der Waals surface area (Å²) < 4.78 is 5.31. The lowest BCUT2D eigenvalue weighted by Crippen LogP contribution is -2.44. The van der Waals surface area contributed by atoms with Crippen LogP contribution in [-0.2, 0) is 9.53 Å². The Kier molecular flexibility index (Phi) is 10.5. The normalized spacial score (nSPS) is 14.2. The molecule has 7 nitrogen and oxygen atoms in total. The lowest BCUT2D eigenvalue weighted by atomic mass is 9.98. The SMILES string of the molecule is COCCN(CC(=O)N(C)C(CN1CCCC1)c1ccc(-c2cccc(C(N)=O)c2)cc1)c1ccc(Cl)c(Cl)c1. The van der Waals surface area contributed by atoms with E-state index in [9.17, 15) is 9.59 Å². The molecule has 2 N–H and O–H groups in total. The Morgan fingerprint density at radius 1 is 0.975 bits per heavy atom. The molecule has 4 rings (SSSR count). The maximum atomic E-state index is 13.7. The number of methoxy groups -OCH3 is 1. The molecular formula is C31H36Cl2N4O3. The van der Waals surface area contributed by atoms with Gasteiger partial charge < -0.3 is 25.2 Å². The molecule has 0 aromatic heterocycles. The molecule has 0 saturated carbocycles. The van der Waals surface area contributed by atoms with Crippen LogP contribution in [0.4, 0.5) is 5.69 Å². The quantitative estimate of drug-likeness (QED) is 0.305. The van der Waals surface area contributed by atoms with E-state index in [0.717, 1.165) is 42.0 Å². The highest BCUT2D eigenvalue weighted by atomic mass is 35.5. The molecule has 0 bridgehead atoms. The van der Waals surface area contributed by atoms with E-state index in [4.69, 9.17) is 33.7 Å². The van der Waals surface area contributed by atoms with Gasteiger partial charge in [0.05, 0.1) is 29.2 Å². The molecule has 1 aliphatic rings. The van der Waals surface area contributed by atoms with Crippen molar-refractivity contribution < 1.29 is 14.3 Å². The van der Waals surface area contributed by atoms with E-state index >= 15 is 0 Å². The van der Waals surface area contributed by atoms with Gasteiger partial charge in [-0.25, -0.2) is 0 Å². The van der Waals surface area contributed by atoms with Crippen LogP contribution in [0, 0.1) is 0 Å². The van der Waals surface area contributed by atoms with Crippen LogP contribution in [0.5, 0.6) is 0 Å². The summed E-state index contributed by atoms with van der Waals surface area (Å²) in [7, 11) is 3.51. The maximum Gasteiger partial charge on any atom is 0.248 e. The van der Waals surface area contributed by atoms with Gasteiger partial charge in [0.2, 0.25) is 11.8 Å². The van der Waals surface area contributed by atoms with Gasteiger partial charge in [0, 0.05) is 38.5 Å². The third-order valence-corrected chi connectivity index (χ3v) is 8.17. The minimum Gasteiger partial charge on any atom is -0.383 e. The Morgan fingerprint density at radius 2 is 1.70 bits per heavy atom. The number of nitrogens with zero attached hydrogens (tertiary/aromatic N) is 3. The summed E-state index contributed by atoms with van der Waals surface area (Å²) >= 11 is 12.4. The first kappa shape index (κ1) is 29.9. The Bertz CT molecular complexity index is 1310. The molecule has 1 atom stereocenters. The fourth-order valence-corrected chi connectivity index (χ4v) is 5.33. The summed E-state index contributed by atoms with van der Waals surface area (Å²) in [5.74, 6) is -0.464. The number of ether oxygens (including phenoxy) is 1. The van der Waals surface area contributed by atoms with E-state index in [1.165, 1.54) is 12.8 Å². The molecule has 1 saturated heterocycles. The highest BCUT2D eigenvalue weighted by Gasteiger charge is 2.27. The van der Waals surface area contributed by atoms with Gasteiger partial charge in [0.1, 0.15) is 0 Å². The zero-order valence-electron chi connectivity index (χ0n) is 23.0. The molecule has 1 fully saturated rings. The summed E-state index contributed by atoms with van der Waals surface area (Å²) in [6, 6.07) is 20.7. The van der Waals surface area contributed by atoms with Crippen molar-refractivity contribution in [2.24, 2.45) is 5.73 Å². The van der Waals surface area contributed by atoms with Gasteiger partial charge in [-0.1, -0.05) is 59.6 Å². The zero-order valence-corrected chi connectivity index (χ0v) is 24.5. The summed E-state index contributed by atoms with van der Waals surface area (Å²) in [6.45, 7) is 3.98. The number of benzene rings is 3. The topological polar surface area (TPSA) is 79.1 Å². The second-order valence-electron chi connectivity index (χ2n) is 10.1. The Balaban J connectivity index is 1.57. The molecule has 3 aromatic rings. The monoisotopic (exact) mass is 582 g/mol. The number of hydrogen-bond acceptors (Lipinski definition) is 5. The largest absolute Gasteiger partial charge is 0.383 e. The van der Waals surface area contributed by atoms with Gasteiger partial charge in [-0.05, 0) is 73.0 Å². The Labute approximate surface area is 246 Å². The molecule has 1 aliphatic heterocycles. The Hall–Kier alpha value is -3.10. The van der Waals surface area contributed by atoms with Crippen LogP contribution in [-0.4, -0.2) is 75.1 Å². The van der Waals surface area contributed by atoms with E-state index in [1.807, 2.05) is 47.2 Å². The second kappa shape index (κ2) is 14.0. The zero-order chi connectivity index (χ0) is 28.6. The average molecular weight is 584 g/mol. The standard InChI is InChI=1S/C31H36Cl2N4O3/c1-35(30(38)21-37(16-17-40-2)26-12-13-27(32)28(33)19-26)29(20-36-14-3-4-15-36)23-10-8-22(9-11-23)24-6-5-7-25(18-24)31(34)39/h5-13,18-19,29H,3-4,14-17,20-21H2,1-2H3,(H2,34,39). The highest BCUT2D eigenvalue weighted by Crippen LogP contribution is 2.29. The molecule has 9 heteroatoms. The maximum absolute atomic E-state index is 13.7. The van der Waals surface area contributed by atoms with Crippen molar-refractivity contribution in [3.05, 3.63) is 87.9 Å². The minimum absolute atomic E-state index is 0.00962. The summed E-state index contributed by atoms with van der Waals surface area (Å²) in [4.78, 5) is 31.6. The molecule has 3 aromatic carbocycles. The van der Waals surface area contributed by atoms with Gasteiger partial charge in [-0.2, -0.15) is 0 Å². The smallest absolute Gasteiger partial charge is 0.248 e. The first-order valence-electron chi connectivity index (χ1n) is 13.4. The number of likely N-dealkylation sites (tertiary alicyclic amines) is 1. The molecule has 0 spiro atoms. The number of nitrogens with two attached hydrogens (primary N) is 1. The summed E-state index contributed by atoms with van der Waals surface area (Å²) in [5, 5.41) is 0.909. The van der Waals surface area contributed by atoms with Crippen molar-refractivity contribution in [1.29, 1.82) is 0 Å². The summed E-state index contributed by atoms with van der Waals surface area (Å²) in [5.41, 5.74) is 9.70. The lowest BCUT2D eigenvalue weighted by molar-refractivity contribution is -0.131. The van der Waals surface area contributed by atoms with E-state index in [2.05, 4.69) is 17.0 Å². The van der Waals surface area contributed by atoms with Crippen molar-refractivity contribution in [1.82, 2.24) is 9.80 Å². The van der Waals surface area contributed by atoms with Crippen molar-refractivity contribution in [3.63, 3.8) is 0 Å². The number of hydrogen-bond donors (Lipinski definition) is 1. The molecule has 0 radical (unpaired) electrons. The van der Waals surface area contributed by atoms with E-state index < -0.39 is 5.91 Å².